The molecule has 2 amide bonds. The Hall–Kier alpha value is -4.13. The number of benzene rings is 3. The minimum absolute atomic E-state index is 0.0259. The van der Waals surface area contributed by atoms with Gasteiger partial charge in [0.15, 0.2) is 0 Å². The van der Waals surface area contributed by atoms with Gasteiger partial charge < -0.3 is 20.1 Å². The molecule has 2 aliphatic carbocycles. The third-order valence-corrected chi connectivity index (χ3v) is 7.87. The Morgan fingerprint density at radius 2 is 1.53 bits per heavy atom. The molecular formula is C31H32N2O5. The fourth-order valence-electron chi connectivity index (χ4n) is 5.53. The van der Waals surface area contributed by atoms with Crippen molar-refractivity contribution in [2.75, 3.05) is 20.2 Å². The van der Waals surface area contributed by atoms with Crippen molar-refractivity contribution < 1.29 is 24.2 Å². The van der Waals surface area contributed by atoms with Gasteiger partial charge in [0.1, 0.15) is 6.61 Å². The molecule has 5 rings (SSSR count). The summed E-state index contributed by atoms with van der Waals surface area (Å²) in [6, 6.07) is 25.8. The standard InChI is InChI=1S/C31H32N2O5/c1-33(29(36)22(18-28(34)35)17-21-9-3-2-4-10-21)31(15-16-31)20-32-30(37)38-19-27-25-13-7-5-11-23(25)24-12-6-8-14-26(24)27/h2-14,22,27H,15-20H2,1H3,(H,32,37)(H,34,35)/t22-/m1/s1. The Morgan fingerprint density at radius 3 is 2.11 bits per heavy atom. The fraction of sp³-hybridized carbons (Fsp3) is 0.323. The number of fused-ring (bicyclic) bond motifs is 3. The normalized spacial score (nSPS) is 15.6. The molecule has 0 heterocycles. The minimum Gasteiger partial charge on any atom is -0.481 e. The molecular weight excluding hydrogens is 480 g/mol. The first-order chi connectivity index (χ1) is 18.4. The number of hydrogen-bond donors (Lipinski definition) is 2. The third kappa shape index (κ3) is 5.28. The van der Waals surface area contributed by atoms with Gasteiger partial charge in [0.05, 0.1) is 17.9 Å². The van der Waals surface area contributed by atoms with Crippen LogP contribution in [0.25, 0.3) is 11.1 Å². The van der Waals surface area contributed by atoms with E-state index in [1.165, 1.54) is 11.1 Å². The average Bonchev–Trinajstić information content (AvgIpc) is 3.66. The number of aliphatic carboxylic acids is 1. The van der Waals surface area contributed by atoms with Gasteiger partial charge in [-0.15, -0.1) is 0 Å². The van der Waals surface area contributed by atoms with Crippen molar-refractivity contribution in [1.82, 2.24) is 10.2 Å². The van der Waals surface area contributed by atoms with Crippen LogP contribution in [0.2, 0.25) is 0 Å². The first-order valence-electron chi connectivity index (χ1n) is 13.0. The van der Waals surface area contributed by atoms with Crippen LogP contribution < -0.4 is 5.32 Å². The van der Waals surface area contributed by atoms with Gasteiger partial charge in [0.25, 0.3) is 0 Å². The predicted molar refractivity (Wildman–Crippen MR) is 144 cm³/mol. The van der Waals surface area contributed by atoms with Crippen molar-refractivity contribution >= 4 is 18.0 Å². The Labute approximate surface area is 222 Å². The number of nitrogens with zero attached hydrogens (tertiary/aromatic N) is 1. The molecule has 2 aliphatic rings. The van der Waals surface area contributed by atoms with Crippen molar-refractivity contribution in [1.29, 1.82) is 0 Å². The van der Waals surface area contributed by atoms with Gasteiger partial charge in [-0.3, -0.25) is 9.59 Å². The zero-order chi connectivity index (χ0) is 26.7. The van der Waals surface area contributed by atoms with E-state index in [0.717, 1.165) is 29.5 Å². The Balaban J connectivity index is 1.19. The van der Waals surface area contributed by atoms with Crippen molar-refractivity contribution in [3.05, 3.63) is 95.6 Å². The molecule has 1 fully saturated rings. The molecule has 0 radical (unpaired) electrons. The first kappa shape index (κ1) is 25.5. The maximum absolute atomic E-state index is 13.4. The summed E-state index contributed by atoms with van der Waals surface area (Å²) in [5, 5.41) is 12.3. The van der Waals surface area contributed by atoms with E-state index in [1.807, 2.05) is 54.6 Å². The highest BCUT2D eigenvalue weighted by atomic mass is 16.5. The molecule has 7 nitrogen and oxygen atoms in total. The lowest BCUT2D eigenvalue weighted by molar-refractivity contribution is -0.145. The molecule has 0 aromatic heterocycles. The Kier molecular flexibility index (Phi) is 7.18. The summed E-state index contributed by atoms with van der Waals surface area (Å²) in [6.45, 7) is 0.483. The molecule has 0 saturated heterocycles. The molecule has 3 aromatic carbocycles. The van der Waals surface area contributed by atoms with E-state index in [4.69, 9.17) is 4.74 Å². The average molecular weight is 513 g/mol. The number of amides is 2. The monoisotopic (exact) mass is 512 g/mol. The van der Waals surface area contributed by atoms with Crippen LogP contribution in [0.15, 0.2) is 78.9 Å². The largest absolute Gasteiger partial charge is 0.481 e. The highest BCUT2D eigenvalue weighted by Gasteiger charge is 2.49. The molecule has 0 unspecified atom stereocenters. The van der Waals surface area contributed by atoms with Crippen LogP contribution in [0.3, 0.4) is 0 Å². The summed E-state index contributed by atoms with van der Waals surface area (Å²) in [4.78, 5) is 39.2. The number of carbonyl (C=O) groups is 3. The van der Waals surface area contributed by atoms with Crippen LogP contribution in [0.1, 0.15) is 41.9 Å². The second-order valence-corrected chi connectivity index (χ2v) is 10.3. The number of carboxylic acid groups (broad SMARTS) is 1. The van der Waals surface area contributed by atoms with Crippen molar-refractivity contribution in [3.8, 4) is 11.1 Å². The number of likely N-dealkylation sites (N-methyl/N-ethyl adjacent to an activating group) is 1. The summed E-state index contributed by atoms with van der Waals surface area (Å²) in [5.41, 5.74) is 5.03. The zero-order valence-corrected chi connectivity index (χ0v) is 21.4. The Bertz CT molecular complexity index is 1290. The van der Waals surface area contributed by atoms with Gasteiger partial charge in [-0.25, -0.2) is 4.79 Å². The molecule has 1 saturated carbocycles. The fourth-order valence-corrected chi connectivity index (χ4v) is 5.53. The van der Waals surface area contributed by atoms with Gasteiger partial charge in [-0.1, -0.05) is 78.9 Å². The molecule has 38 heavy (non-hydrogen) atoms. The SMILES string of the molecule is CN(C(=O)[C@@H](CC(=O)O)Cc1ccccc1)C1(CNC(=O)OCC2c3ccccc3-c3ccccc32)CC1. The number of ether oxygens (including phenoxy) is 1. The van der Waals surface area contributed by atoms with Crippen LogP contribution in [0, 0.1) is 5.92 Å². The number of alkyl carbamates (subject to hydrolysis) is 1. The van der Waals surface area contributed by atoms with Crippen molar-refractivity contribution in [2.45, 2.75) is 37.1 Å². The molecule has 196 valence electrons. The zero-order valence-electron chi connectivity index (χ0n) is 21.4. The third-order valence-electron chi connectivity index (χ3n) is 7.87. The van der Waals surface area contributed by atoms with E-state index in [-0.39, 0.29) is 31.4 Å². The molecule has 7 heteroatoms. The number of rotatable bonds is 10. The van der Waals surface area contributed by atoms with E-state index >= 15 is 0 Å². The minimum atomic E-state index is -1.01. The number of carbonyl (C=O) groups excluding carboxylic acids is 2. The lowest BCUT2D eigenvalue weighted by atomic mass is 9.94. The second kappa shape index (κ2) is 10.7. The van der Waals surface area contributed by atoms with Gasteiger partial charge in [0.2, 0.25) is 5.91 Å². The number of hydrogen-bond acceptors (Lipinski definition) is 4. The summed E-state index contributed by atoms with van der Waals surface area (Å²) >= 11 is 0. The van der Waals surface area contributed by atoms with Crippen LogP contribution in [0.4, 0.5) is 4.79 Å². The van der Waals surface area contributed by atoms with E-state index in [2.05, 4.69) is 29.6 Å². The maximum Gasteiger partial charge on any atom is 0.407 e. The van der Waals surface area contributed by atoms with E-state index < -0.39 is 23.5 Å². The first-order valence-corrected chi connectivity index (χ1v) is 13.0. The lowest BCUT2D eigenvalue weighted by Crippen LogP contribution is -2.49. The Morgan fingerprint density at radius 1 is 0.947 bits per heavy atom. The van der Waals surface area contributed by atoms with Crippen LogP contribution in [-0.2, 0) is 20.7 Å². The molecule has 1 atom stereocenters. The summed E-state index contributed by atoms with van der Waals surface area (Å²) < 4.78 is 5.65. The highest BCUT2D eigenvalue weighted by Crippen LogP contribution is 2.45. The van der Waals surface area contributed by atoms with E-state index in [9.17, 15) is 19.5 Å². The van der Waals surface area contributed by atoms with Gasteiger partial charge in [0, 0.05) is 19.5 Å². The van der Waals surface area contributed by atoms with Crippen LogP contribution in [-0.4, -0.2) is 53.7 Å². The van der Waals surface area contributed by atoms with Crippen molar-refractivity contribution in [2.24, 2.45) is 5.92 Å². The van der Waals surface area contributed by atoms with Crippen LogP contribution in [0.5, 0.6) is 0 Å². The molecule has 0 aliphatic heterocycles. The summed E-state index contributed by atoms with van der Waals surface area (Å²) in [5.74, 6) is -1.92. The smallest absolute Gasteiger partial charge is 0.407 e. The quantitative estimate of drug-likeness (QED) is 0.405. The molecule has 0 bridgehead atoms. The van der Waals surface area contributed by atoms with Crippen LogP contribution >= 0.6 is 0 Å². The van der Waals surface area contributed by atoms with E-state index in [0.29, 0.717) is 6.42 Å². The van der Waals surface area contributed by atoms with E-state index in [1.54, 1.807) is 11.9 Å². The molecule has 3 aromatic rings. The molecule has 0 spiro atoms. The van der Waals surface area contributed by atoms with Gasteiger partial charge >= 0.3 is 12.1 Å². The maximum atomic E-state index is 13.4. The van der Waals surface area contributed by atoms with Gasteiger partial charge in [-0.2, -0.15) is 0 Å². The number of carboxylic acids is 1. The summed E-state index contributed by atoms with van der Waals surface area (Å²) in [7, 11) is 1.70. The predicted octanol–water partition coefficient (Wildman–Crippen LogP) is 4.85. The molecule has 2 N–H and O–H groups in total. The van der Waals surface area contributed by atoms with Crippen molar-refractivity contribution in [3.63, 3.8) is 0 Å². The number of nitrogens with one attached hydrogen (secondary N) is 1. The highest BCUT2D eigenvalue weighted by molar-refractivity contribution is 5.84. The van der Waals surface area contributed by atoms with Gasteiger partial charge in [-0.05, 0) is 47.1 Å². The second-order valence-electron chi connectivity index (χ2n) is 10.3. The lowest BCUT2D eigenvalue weighted by Gasteiger charge is -2.31. The summed E-state index contributed by atoms with van der Waals surface area (Å²) in [6.07, 6.45) is 1.07. The topological polar surface area (TPSA) is 95.9 Å².